The Labute approximate surface area is 160 Å². The van der Waals surface area contributed by atoms with Gasteiger partial charge in [-0.3, -0.25) is 9.69 Å². The molecule has 2 saturated heterocycles. The van der Waals surface area contributed by atoms with E-state index in [2.05, 4.69) is 27.4 Å². The van der Waals surface area contributed by atoms with E-state index in [4.69, 9.17) is 4.98 Å². The van der Waals surface area contributed by atoms with E-state index in [0.717, 1.165) is 61.6 Å². The summed E-state index contributed by atoms with van der Waals surface area (Å²) in [5, 5.41) is 6.36. The molecule has 0 spiro atoms. The summed E-state index contributed by atoms with van der Waals surface area (Å²) >= 11 is 0. The molecule has 1 aromatic heterocycles. The summed E-state index contributed by atoms with van der Waals surface area (Å²) in [5.74, 6) is 1.25. The molecule has 0 radical (unpaired) electrons. The van der Waals surface area contributed by atoms with E-state index >= 15 is 0 Å². The lowest BCUT2D eigenvalue weighted by Crippen LogP contribution is -2.34. The number of imidazole rings is 1. The van der Waals surface area contributed by atoms with Crippen LogP contribution in [0.15, 0.2) is 18.2 Å². The van der Waals surface area contributed by atoms with Gasteiger partial charge in [0.25, 0.3) is 0 Å². The monoisotopic (exact) mass is 377 g/mol. The summed E-state index contributed by atoms with van der Waals surface area (Å²) in [6.45, 7) is 6.15. The third-order valence-electron chi connectivity index (χ3n) is 5.55. The van der Waals surface area contributed by atoms with Crippen LogP contribution in [0, 0.1) is 5.92 Å². The number of H-pyrrole nitrogens is 1. The van der Waals surface area contributed by atoms with Gasteiger partial charge in [0.1, 0.15) is 5.82 Å². The summed E-state index contributed by atoms with van der Waals surface area (Å²) in [5.41, 5.74) is 2.80. The number of anilines is 1. The van der Waals surface area contributed by atoms with E-state index in [9.17, 15) is 4.79 Å². The number of nitrogens with zero attached hydrogens (tertiary/aromatic N) is 2. The fraction of sp³-hybridized carbons (Fsp3) is 0.579. The third-order valence-corrected chi connectivity index (χ3v) is 5.55. The molecule has 1 atom stereocenters. The van der Waals surface area contributed by atoms with Gasteiger partial charge in [-0.25, -0.2) is 4.98 Å². The predicted molar refractivity (Wildman–Crippen MR) is 107 cm³/mol. The number of halogens is 1. The van der Waals surface area contributed by atoms with Gasteiger partial charge in [0, 0.05) is 17.6 Å². The average molecular weight is 378 g/mol. The molecule has 3 N–H and O–H groups in total. The molecule has 4 rings (SSSR count). The average Bonchev–Trinajstić information content (AvgIpc) is 3.21. The molecule has 0 aliphatic carbocycles. The minimum Gasteiger partial charge on any atom is -0.341 e. The molecular weight excluding hydrogens is 350 g/mol. The Bertz CT molecular complexity index is 755. The standard InChI is InChI=1S/C19H27N5O.ClH/c1-13-3-2-10-24(13)12-18-22-16-5-4-15(11-17(16)23-18)21-19(25)14-6-8-20-9-7-14;/h4-5,11,13-14,20H,2-3,6-10,12H2,1H3,(H,21,25)(H,22,23);1H/t13-;/m0./s1. The number of aromatic amines is 1. The van der Waals surface area contributed by atoms with Gasteiger partial charge < -0.3 is 15.6 Å². The Morgan fingerprint density at radius 2 is 2.12 bits per heavy atom. The normalized spacial score (nSPS) is 21.7. The SMILES string of the molecule is C[C@H]1CCCN1Cc1nc2ccc(NC(=O)C3CCNCC3)cc2[nH]1.Cl. The number of carbonyl (C=O) groups excluding carboxylic acids is 1. The maximum atomic E-state index is 12.4. The Kier molecular flexibility index (Phi) is 6.16. The van der Waals surface area contributed by atoms with E-state index in [0.29, 0.717) is 6.04 Å². The molecule has 2 aliphatic rings. The first-order chi connectivity index (χ1) is 12.2. The second-order valence-electron chi connectivity index (χ2n) is 7.39. The number of hydrogen-bond acceptors (Lipinski definition) is 4. The third kappa shape index (κ3) is 4.19. The van der Waals surface area contributed by atoms with Crippen molar-refractivity contribution in [3.05, 3.63) is 24.0 Å². The van der Waals surface area contributed by atoms with E-state index in [1.165, 1.54) is 12.8 Å². The van der Waals surface area contributed by atoms with Gasteiger partial charge in [0.15, 0.2) is 0 Å². The first kappa shape index (κ1) is 19.1. The summed E-state index contributed by atoms with van der Waals surface area (Å²) in [6, 6.07) is 6.57. The van der Waals surface area contributed by atoms with Crippen LogP contribution in [0.2, 0.25) is 0 Å². The Balaban J connectivity index is 0.00000196. The lowest BCUT2D eigenvalue weighted by atomic mass is 9.97. The van der Waals surface area contributed by atoms with Crippen LogP contribution in [0.3, 0.4) is 0 Å². The summed E-state index contributed by atoms with van der Waals surface area (Å²) in [6.07, 6.45) is 4.37. The number of fused-ring (bicyclic) bond motifs is 1. The summed E-state index contributed by atoms with van der Waals surface area (Å²) < 4.78 is 0. The van der Waals surface area contributed by atoms with Crippen LogP contribution in [-0.2, 0) is 11.3 Å². The number of nitrogens with one attached hydrogen (secondary N) is 3. The Hall–Kier alpha value is -1.63. The van der Waals surface area contributed by atoms with Crippen LogP contribution in [-0.4, -0.2) is 46.5 Å². The van der Waals surface area contributed by atoms with Crippen molar-refractivity contribution in [2.24, 2.45) is 5.92 Å². The van der Waals surface area contributed by atoms with Crippen molar-refractivity contribution >= 4 is 35.0 Å². The maximum Gasteiger partial charge on any atom is 0.227 e. The molecule has 26 heavy (non-hydrogen) atoms. The molecule has 2 aliphatic heterocycles. The van der Waals surface area contributed by atoms with Gasteiger partial charge in [-0.15, -0.1) is 12.4 Å². The number of likely N-dealkylation sites (tertiary alicyclic amines) is 1. The zero-order valence-electron chi connectivity index (χ0n) is 15.3. The molecular formula is C19H28ClN5O. The fourth-order valence-corrected chi connectivity index (χ4v) is 3.96. The molecule has 2 aromatic rings. The molecule has 0 saturated carbocycles. The van der Waals surface area contributed by atoms with Crippen molar-refractivity contribution in [1.29, 1.82) is 0 Å². The molecule has 1 amide bonds. The highest BCUT2D eigenvalue weighted by Crippen LogP contribution is 2.22. The van der Waals surface area contributed by atoms with Crippen LogP contribution in [0.5, 0.6) is 0 Å². The number of aromatic nitrogens is 2. The van der Waals surface area contributed by atoms with Crippen molar-refractivity contribution in [2.45, 2.75) is 45.2 Å². The van der Waals surface area contributed by atoms with E-state index in [-0.39, 0.29) is 24.2 Å². The summed E-state index contributed by atoms with van der Waals surface area (Å²) in [4.78, 5) is 23.0. The van der Waals surface area contributed by atoms with Gasteiger partial charge in [0.05, 0.1) is 17.6 Å². The van der Waals surface area contributed by atoms with Gasteiger partial charge >= 0.3 is 0 Å². The molecule has 1 aromatic carbocycles. The number of amides is 1. The van der Waals surface area contributed by atoms with Gasteiger partial charge in [-0.2, -0.15) is 0 Å². The quantitative estimate of drug-likeness (QED) is 0.766. The predicted octanol–water partition coefficient (Wildman–Crippen LogP) is 2.91. The number of hydrogen-bond donors (Lipinski definition) is 3. The lowest BCUT2D eigenvalue weighted by Gasteiger charge is -2.21. The molecule has 3 heterocycles. The zero-order chi connectivity index (χ0) is 17.2. The van der Waals surface area contributed by atoms with Gasteiger partial charge in [-0.1, -0.05) is 0 Å². The van der Waals surface area contributed by atoms with Gasteiger partial charge in [-0.05, 0) is 70.4 Å². The second kappa shape index (κ2) is 8.37. The van der Waals surface area contributed by atoms with Crippen molar-refractivity contribution in [3.8, 4) is 0 Å². The van der Waals surface area contributed by atoms with Crippen molar-refractivity contribution in [1.82, 2.24) is 20.2 Å². The maximum absolute atomic E-state index is 12.4. The highest BCUT2D eigenvalue weighted by Gasteiger charge is 2.22. The van der Waals surface area contributed by atoms with E-state index in [1.54, 1.807) is 0 Å². The van der Waals surface area contributed by atoms with Crippen molar-refractivity contribution in [2.75, 3.05) is 25.0 Å². The highest BCUT2D eigenvalue weighted by atomic mass is 35.5. The van der Waals surface area contributed by atoms with Crippen LogP contribution < -0.4 is 10.6 Å². The molecule has 0 bridgehead atoms. The van der Waals surface area contributed by atoms with Crippen LogP contribution in [0.25, 0.3) is 11.0 Å². The van der Waals surface area contributed by atoms with Crippen LogP contribution in [0.1, 0.15) is 38.4 Å². The number of carbonyl (C=O) groups is 1. The smallest absolute Gasteiger partial charge is 0.227 e. The van der Waals surface area contributed by atoms with Gasteiger partial charge in [0.2, 0.25) is 5.91 Å². The summed E-state index contributed by atoms with van der Waals surface area (Å²) in [7, 11) is 0. The van der Waals surface area contributed by atoms with Crippen LogP contribution in [0.4, 0.5) is 5.69 Å². The largest absolute Gasteiger partial charge is 0.341 e. The Morgan fingerprint density at radius 3 is 2.85 bits per heavy atom. The fourth-order valence-electron chi connectivity index (χ4n) is 3.96. The molecule has 7 heteroatoms. The minimum atomic E-state index is 0. The van der Waals surface area contributed by atoms with E-state index < -0.39 is 0 Å². The minimum absolute atomic E-state index is 0. The van der Waals surface area contributed by atoms with Crippen LogP contribution >= 0.6 is 12.4 Å². The first-order valence-corrected chi connectivity index (χ1v) is 9.43. The second-order valence-corrected chi connectivity index (χ2v) is 7.39. The number of rotatable bonds is 4. The Morgan fingerprint density at radius 1 is 1.31 bits per heavy atom. The van der Waals surface area contributed by atoms with Crippen molar-refractivity contribution < 1.29 is 4.79 Å². The first-order valence-electron chi connectivity index (χ1n) is 9.43. The number of piperidine rings is 1. The molecule has 142 valence electrons. The number of benzene rings is 1. The topological polar surface area (TPSA) is 73.1 Å². The lowest BCUT2D eigenvalue weighted by molar-refractivity contribution is -0.120. The van der Waals surface area contributed by atoms with Crippen molar-refractivity contribution in [3.63, 3.8) is 0 Å². The molecule has 6 nitrogen and oxygen atoms in total. The zero-order valence-corrected chi connectivity index (χ0v) is 16.1. The highest BCUT2D eigenvalue weighted by molar-refractivity contribution is 5.94. The van der Waals surface area contributed by atoms with E-state index in [1.807, 2.05) is 18.2 Å². The molecule has 2 fully saturated rings. The molecule has 0 unspecified atom stereocenters.